The van der Waals surface area contributed by atoms with Crippen LogP contribution in [0.1, 0.15) is 20.7 Å². The van der Waals surface area contributed by atoms with E-state index in [1.165, 1.54) is 6.07 Å². The van der Waals surface area contributed by atoms with Crippen LogP contribution >= 0.6 is 0 Å². The SMILES string of the molecule is O=C(COC(=O)c1ccc2c(c1)OCO2)c1ccccc1. The summed E-state index contributed by atoms with van der Waals surface area (Å²) in [5.41, 5.74) is 0.830. The number of hydrogen-bond acceptors (Lipinski definition) is 5. The van der Waals surface area contributed by atoms with Gasteiger partial charge in [0.05, 0.1) is 5.56 Å². The van der Waals surface area contributed by atoms with Crippen molar-refractivity contribution in [3.63, 3.8) is 0 Å². The van der Waals surface area contributed by atoms with Crippen LogP contribution in [-0.2, 0) is 4.74 Å². The molecular weight excluding hydrogens is 272 g/mol. The van der Waals surface area contributed by atoms with E-state index in [-0.39, 0.29) is 19.2 Å². The Bertz CT molecular complexity index is 678. The fourth-order valence-corrected chi connectivity index (χ4v) is 1.95. The minimum atomic E-state index is -0.572. The lowest BCUT2D eigenvalue weighted by molar-refractivity contribution is 0.0474. The summed E-state index contributed by atoms with van der Waals surface area (Å²) in [6, 6.07) is 13.4. The molecule has 0 fully saturated rings. The summed E-state index contributed by atoms with van der Waals surface area (Å²) in [5.74, 6) is 0.271. The topological polar surface area (TPSA) is 61.8 Å². The molecule has 2 aromatic rings. The van der Waals surface area contributed by atoms with Gasteiger partial charge in [0, 0.05) is 5.56 Å². The van der Waals surface area contributed by atoms with E-state index in [0.29, 0.717) is 22.6 Å². The van der Waals surface area contributed by atoms with Crippen LogP contribution in [0.4, 0.5) is 0 Å². The quantitative estimate of drug-likeness (QED) is 0.637. The zero-order chi connectivity index (χ0) is 14.7. The Balaban J connectivity index is 1.63. The van der Waals surface area contributed by atoms with Gasteiger partial charge in [-0.1, -0.05) is 30.3 Å². The summed E-state index contributed by atoms with van der Waals surface area (Å²) in [4.78, 5) is 23.8. The Morgan fingerprint density at radius 2 is 1.71 bits per heavy atom. The van der Waals surface area contributed by atoms with Crippen molar-refractivity contribution in [2.75, 3.05) is 13.4 Å². The summed E-state index contributed by atoms with van der Waals surface area (Å²) >= 11 is 0. The second-order valence-electron chi connectivity index (χ2n) is 4.43. The average Bonchev–Trinajstić information content (AvgIpc) is 3.00. The van der Waals surface area contributed by atoms with Gasteiger partial charge in [-0.15, -0.1) is 0 Å². The Labute approximate surface area is 121 Å². The van der Waals surface area contributed by atoms with Crippen LogP contribution < -0.4 is 9.47 Å². The Hall–Kier alpha value is -2.82. The number of hydrogen-bond donors (Lipinski definition) is 0. The lowest BCUT2D eigenvalue weighted by Gasteiger charge is -2.05. The molecule has 0 N–H and O–H groups in total. The molecule has 5 nitrogen and oxygen atoms in total. The Kier molecular flexibility index (Phi) is 3.55. The molecule has 1 aliphatic rings. The molecule has 21 heavy (non-hydrogen) atoms. The molecule has 0 spiro atoms. The zero-order valence-corrected chi connectivity index (χ0v) is 11.1. The molecular formula is C16H12O5. The second-order valence-corrected chi connectivity index (χ2v) is 4.43. The third-order valence-electron chi connectivity index (χ3n) is 3.04. The number of carbonyl (C=O) groups excluding carboxylic acids is 2. The summed E-state index contributed by atoms with van der Waals surface area (Å²) in [6.45, 7) is -0.155. The maximum atomic E-state index is 11.9. The molecule has 1 heterocycles. The van der Waals surface area contributed by atoms with Gasteiger partial charge in [0.15, 0.2) is 23.9 Å². The minimum absolute atomic E-state index is 0.139. The van der Waals surface area contributed by atoms with Gasteiger partial charge < -0.3 is 14.2 Å². The van der Waals surface area contributed by atoms with Crippen LogP contribution in [0.25, 0.3) is 0 Å². The summed E-state index contributed by atoms with van der Waals surface area (Å²) < 4.78 is 15.4. The Morgan fingerprint density at radius 1 is 0.952 bits per heavy atom. The standard InChI is InChI=1S/C16H12O5/c17-13(11-4-2-1-3-5-11)9-19-16(18)12-6-7-14-15(8-12)21-10-20-14/h1-8H,9-10H2. The molecule has 106 valence electrons. The first-order chi connectivity index (χ1) is 10.2. The molecule has 3 rings (SSSR count). The van der Waals surface area contributed by atoms with E-state index in [0.717, 1.165) is 0 Å². The molecule has 0 aliphatic carbocycles. The van der Waals surface area contributed by atoms with Gasteiger partial charge in [0.2, 0.25) is 6.79 Å². The van der Waals surface area contributed by atoms with Crippen LogP contribution in [0, 0.1) is 0 Å². The summed E-state index contributed by atoms with van der Waals surface area (Å²) in [5, 5.41) is 0. The monoisotopic (exact) mass is 284 g/mol. The van der Waals surface area contributed by atoms with Gasteiger partial charge >= 0.3 is 5.97 Å². The zero-order valence-electron chi connectivity index (χ0n) is 11.1. The van der Waals surface area contributed by atoms with E-state index < -0.39 is 5.97 Å². The third-order valence-corrected chi connectivity index (χ3v) is 3.04. The molecule has 0 saturated heterocycles. The van der Waals surface area contributed by atoms with E-state index in [2.05, 4.69) is 0 Å². The van der Waals surface area contributed by atoms with Crippen LogP contribution in [0.2, 0.25) is 0 Å². The highest BCUT2D eigenvalue weighted by Gasteiger charge is 2.17. The summed E-state index contributed by atoms with van der Waals surface area (Å²) in [7, 11) is 0. The molecule has 0 aromatic heterocycles. The maximum absolute atomic E-state index is 11.9. The van der Waals surface area contributed by atoms with Crippen LogP contribution in [0.15, 0.2) is 48.5 Å². The van der Waals surface area contributed by atoms with Gasteiger partial charge in [-0.3, -0.25) is 4.79 Å². The van der Waals surface area contributed by atoms with Gasteiger partial charge in [0.25, 0.3) is 0 Å². The van der Waals surface area contributed by atoms with Gasteiger partial charge in [-0.25, -0.2) is 4.79 Å². The van der Waals surface area contributed by atoms with Gasteiger partial charge in [0.1, 0.15) is 0 Å². The highest BCUT2D eigenvalue weighted by atomic mass is 16.7. The molecule has 1 aliphatic heterocycles. The highest BCUT2D eigenvalue weighted by molar-refractivity contribution is 5.99. The first-order valence-corrected chi connectivity index (χ1v) is 6.39. The van der Waals surface area contributed by atoms with Crippen LogP contribution in [0.5, 0.6) is 11.5 Å². The number of ether oxygens (including phenoxy) is 3. The largest absolute Gasteiger partial charge is 0.454 e. The van der Waals surface area contributed by atoms with Gasteiger partial charge in [-0.05, 0) is 18.2 Å². The smallest absolute Gasteiger partial charge is 0.338 e. The number of esters is 1. The molecule has 0 amide bonds. The van der Waals surface area contributed by atoms with Crippen LogP contribution in [-0.4, -0.2) is 25.2 Å². The highest BCUT2D eigenvalue weighted by Crippen LogP contribution is 2.32. The Morgan fingerprint density at radius 3 is 2.52 bits per heavy atom. The maximum Gasteiger partial charge on any atom is 0.338 e. The third kappa shape index (κ3) is 2.86. The van der Waals surface area contributed by atoms with Crippen molar-refractivity contribution in [3.8, 4) is 11.5 Å². The van der Waals surface area contributed by atoms with Crippen molar-refractivity contribution in [2.45, 2.75) is 0 Å². The molecule has 0 saturated carbocycles. The average molecular weight is 284 g/mol. The molecule has 2 aromatic carbocycles. The number of rotatable bonds is 4. The van der Waals surface area contributed by atoms with E-state index in [4.69, 9.17) is 14.2 Å². The normalized spacial score (nSPS) is 12.0. The van der Waals surface area contributed by atoms with Crippen molar-refractivity contribution in [1.82, 2.24) is 0 Å². The number of carbonyl (C=O) groups is 2. The lowest BCUT2D eigenvalue weighted by atomic mass is 10.1. The van der Waals surface area contributed by atoms with Crippen molar-refractivity contribution in [2.24, 2.45) is 0 Å². The van der Waals surface area contributed by atoms with Crippen molar-refractivity contribution in [3.05, 3.63) is 59.7 Å². The minimum Gasteiger partial charge on any atom is -0.454 e. The molecule has 0 unspecified atom stereocenters. The van der Waals surface area contributed by atoms with Crippen molar-refractivity contribution in [1.29, 1.82) is 0 Å². The van der Waals surface area contributed by atoms with E-state index in [1.807, 2.05) is 6.07 Å². The first kappa shape index (κ1) is 13.2. The molecule has 0 bridgehead atoms. The van der Waals surface area contributed by atoms with Crippen molar-refractivity contribution < 1.29 is 23.8 Å². The predicted molar refractivity (Wildman–Crippen MR) is 73.6 cm³/mol. The van der Waals surface area contributed by atoms with E-state index in [9.17, 15) is 9.59 Å². The number of benzene rings is 2. The molecule has 0 atom stereocenters. The van der Waals surface area contributed by atoms with Crippen LogP contribution in [0.3, 0.4) is 0 Å². The second kappa shape index (κ2) is 5.66. The fourth-order valence-electron chi connectivity index (χ4n) is 1.95. The van der Waals surface area contributed by atoms with Gasteiger partial charge in [-0.2, -0.15) is 0 Å². The first-order valence-electron chi connectivity index (χ1n) is 6.39. The lowest BCUT2D eigenvalue weighted by Crippen LogP contribution is -2.14. The predicted octanol–water partition coefficient (Wildman–Crippen LogP) is 2.46. The number of Topliss-reactive ketones (excluding diaryl/α,β-unsaturated/α-hetero) is 1. The van der Waals surface area contributed by atoms with Crippen molar-refractivity contribution >= 4 is 11.8 Å². The van der Waals surface area contributed by atoms with E-state index >= 15 is 0 Å². The fraction of sp³-hybridized carbons (Fsp3) is 0.125. The number of fused-ring (bicyclic) bond motifs is 1. The molecule has 0 radical (unpaired) electrons. The van der Waals surface area contributed by atoms with E-state index in [1.54, 1.807) is 36.4 Å². The number of ketones is 1. The summed E-state index contributed by atoms with van der Waals surface area (Å²) in [6.07, 6.45) is 0. The molecule has 5 heteroatoms.